The molecule has 3 rings (SSSR count). The van der Waals surface area contributed by atoms with E-state index in [1.54, 1.807) is 30.3 Å². The normalized spacial score (nSPS) is 12.1. The molecule has 0 spiro atoms. The van der Waals surface area contributed by atoms with E-state index in [-0.39, 0.29) is 19.2 Å². The van der Waals surface area contributed by atoms with Crippen molar-refractivity contribution < 1.29 is 35.6 Å². The number of rotatable bonds is 6. The first kappa shape index (κ1) is 22.5. The maximum Gasteiger partial charge on any atom is 0.416 e. The molecule has 0 bridgehead atoms. The fourth-order valence-electron chi connectivity index (χ4n) is 3.01. The van der Waals surface area contributed by atoms with Gasteiger partial charge in [-0.3, -0.25) is 4.79 Å². The third-order valence-corrected chi connectivity index (χ3v) is 4.56. The molecule has 3 aromatic rings. The van der Waals surface area contributed by atoms with Gasteiger partial charge >= 0.3 is 12.4 Å². The van der Waals surface area contributed by atoms with E-state index in [9.17, 15) is 31.1 Å². The zero-order chi connectivity index (χ0) is 22.6. The molecule has 0 N–H and O–H groups in total. The number of halogens is 6. The summed E-state index contributed by atoms with van der Waals surface area (Å²) in [5.74, 6) is -0.603. The molecule has 3 nitrogen and oxygen atoms in total. The summed E-state index contributed by atoms with van der Waals surface area (Å²) >= 11 is 0. The number of nitrogens with zero attached hydrogens (tertiary/aromatic N) is 1. The third-order valence-electron chi connectivity index (χ3n) is 4.56. The Morgan fingerprint density at radius 2 is 1.45 bits per heavy atom. The molecular weight excluding hydrogens is 424 g/mol. The Morgan fingerprint density at radius 3 is 1.97 bits per heavy atom. The number of hydrogen-bond acceptors (Lipinski definition) is 2. The lowest BCUT2D eigenvalue weighted by molar-refractivity contribution is -0.143. The van der Waals surface area contributed by atoms with Crippen LogP contribution in [0.15, 0.2) is 71.3 Å². The molecule has 0 fully saturated rings. The summed E-state index contributed by atoms with van der Waals surface area (Å²) in [7, 11) is 0. The van der Waals surface area contributed by atoms with Crippen molar-refractivity contribution in [3.63, 3.8) is 0 Å². The summed E-state index contributed by atoms with van der Waals surface area (Å²) < 4.78 is 84.2. The lowest BCUT2D eigenvalue weighted by atomic mass is 10.0. The highest BCUT2D eigenvalue weighted by molar-refractivity contribution is 5.94. The van der Waals surface area contributed by atoms with Crippen molar-refractivity contribution in [3.8, 4) is 0 Å². The summed E-state index contributed by atoms with van der Waals surface area (Å²) in [6.45, 7) is -0.0304. The minimum Gasteiger partial charge on any atom is -0.467 e. The van der Waals surface area contributed by atoms with Crippen molar-refractivity contribution in [3.05, 3.63) is 94.9 Å². The number of furan rings is 1. The number of amides is 1. The van der Waals surface area contributed by atoms with E-state index < -0.39 is 35.0 Å². The number of benzene rings is 2. The Labute approximate surface area is 173 Å². The molecule has 0 radical (unpaired) electrons. The van der Waals surface area contributed by atoms with Gasteiger partial charge in [0, 0.05) is 12.1 Å². The first-order valence-corrected chi connectivity index (χ1v) is 9.19. The summed E-state index contributed by atoms with van der Waals surface area (Å²) in [6.07, 6.45) is -8.35. The van der Waals surface area contributed by atoms with Gasteiger partial charge in [0.05, 0.1) is 23.9 Å². The molecule has 0 atom stereocenters. The second-order valence-corrected chi connectivity index (χ2v) is 6.84. The highest BCUT2D eigenvalue weighted by atomic mass is 19.4. The van der Waals surface area contributed by atoms with Gasteiger partial charge in [0.15, 0.2) is 0 Å². The molecule has 1 heterocycles. The summed E-state index contributed by atoms with van der Waals surface area (Å²) in [4.78, 5) is 14.2. The molecule has 0 aliphatic carbocycles. The fraction of sp³-hybridized carbons (Fsp3) is 0.227. The number of hydrogen-bond donors (Lipinski definition) is 0. The molecule has 0 saturated heterocycles. The van der Waals surface area contributed by atoms with Crippen molar-refractivity contribution in [2.45, 2.75) is 25.3 Å². The predicted molar refractivity (Wildman–Crippen MR) is 100 cm³/mol. The Kier molecular flexibility index (Phi) is 6.42. The summed E-state index contributed by atoms with van der Waals surface area (Å²) in [5, 5.41) is 0. The molecular formula is C22H17F6NO2. The van der Waals surface area contributed by atoms with E-state index in [0.717, 1.165) is 5.56 Å². The van der Waals surface area contributed by atoms with Crippen LogP contribution in [0.2, 0.25) is 0 Å². The predicted octanol–water partition coefficient (Wildman–Crippen LogP) is 6.20. The van der Waals surface area contributed by atoms with Crippen LogP contribution in [0, 0.1) is 0 Å². The van der Waals surface area contributed by atoms with Gasteiger partial charge in [-0.2, -0.15) is 26.3 Å². The topological polar surface area (TPSA) is 33.5 Å². The van der Waals surface area contributed by atoms with Crippen LogP contribution in [0.1, 0.15) is 32.8 Å². The van der Waals surface area contributed by atoms with Crippen LogP contribution in [0.3, 0.4) is 0 Å². The minimum atomic E-state index is -5.04. The zero-order valence-electron chi connectivity index (χ0n) is 16.0. The first-order valence-electron chi connectivity index (χ1n) is 9.19. The van der Waals surface area contributed by atoms with E-state index in [4.69, 9.17) is 4.42 Å². The zero-order valence-corrected chi connectivity index (χ0v) is 16.0. The van der Waals surface area contributed by atoms with Crippen LogP contribution in [-0.4, -0.2) is 17.4 Å². The molecule has 1 amide bonds. The monoisotopic (exact) mass is 441 g/mol. The fourth-order valence-corrected chi connectivity index (χ4v) is 3.01. The van der Waals surface area contributed by atoms with Gasteiger partial charge in [-0.1, -0.05) is 30.3 Å². The van der Waals surface area contributed by atoms with Crippen molar-refractivity contribution in [1.82, 2.24) is 4.90 Å². The quantitative estimate of drug-likeness (QED) is 0.427. The van der Waals surface area contributed by atoms with Crippen LogP contribution >= 0.6 is 0 Å². The number of alkyl halides is 6. The highest BCUT2D eigenvalue weighted by Crippen LogP contribution is 2.36. The summed E-state index contributed by atoms with van der Waals surface area (Å²) in [5.41, 5.74) is -2.90. The largest absolute Gasteiger partial charge is 0.467 e. The molecule has 2 aromatic carbocycles. The van der Waals surface area contributed by atoms with Gasteiger partial charge in [0.1, 0.15) is 5.76 Å². The van der Waals surface area contributed by atoms with Crippen LogP contribution < -0.4 is 0 Å². The van der Waals surface area contributed by atoms with Crippen LogP contribution in [0.4, 0.5) is 26.3 Å². The minimum absolute atomic E-state index is 0.00236. The van der Waals surface area contributed by atoms with E-state index in [2.05, 4.69) is 0 Å². The van der Waals surface area contributed by atoms with Crippen LogP contribution in [0.25, 0.3) is 0 Å². The van der Waals surface area contributed by atoms with Crippen LogP contribution in [-0.2, 0) is 25.3 Å². The van der Waals surface area contributed by atoms with Gasteiger partial charge in [0.2, 0.25) is 0 Å². The van der Waals surface area contributed by atoms with E-state index in [0.29, 0.717) is 24.3 Å². The molecule has 164 valence electrons. The Hall–Kier alpha value is -3.23. The van der Waals surface area contributed by atoms with Gasteiger partial charge in [-0.25, -0.2) is 0 Å². The van der Waals surface area contributed by atoms with Crippen molar-refractivity contribution >= 4 is 5.91 Å². The second kappa shape index (κ2) is 8.87. The molecule has 31 heavy (non-hydrogen) atoms. The van der Waals surface area contributed by atoms with Gasteiger partial charge in [0.25, 0.3) is 5.91 Å². The SMILES string of the molecule is O=C(c1cc(C(F)(F)F)cc(C(F)(F)F)c1)N(CCc1ccccc1)Cc1ccco1. The lowest BCUT2D eigenvalue weighted by Crippen LogP contribution is -2.33. The maximum atomic E-state index is 13.2. The Morgan fingerprint density at radius 1 is 0.839 bits per heavy atom. The van der Waals surface area contributed by atoms with Gasteiger partial charge in [-0.15, -0.1) is 0 Å². The van der Waals surface area contributed by atoms with Gasteiger partial charge in [-0.05, 0) is 42.3 Å². The van der Waals surface area contributed by atoms with E-state index >= 15 is 0 Å². The van der Waals surface area contributed by atoms with Crippen molar-refractivity contribution in [1.29, 1.82) is 0 Å². The van der Waals surface area contributed by atoms with Crippen LogP contribution in [0.5, 0.6) is 0 Å². The van der Waals surface area contributed by atoms with Gasteiger partial charge < -0.3 is 9.32 Å². The standard InChI is InChI=1S/C22H17F6NO2/c23-21(24,25)17-11-16(12-18(13-17)22(26,27)28)20(30)29(14-19-7-4-10-31-19)9-8-15-5-2-1-3-6-15/h1-7,10-13H,8-9,14H2. The number of carbonyl (C=O) groups is 1. The average Bonchev–Trinajstić information content (AvgIpc) is 3.23. The maximum absolute atomic E-state index is 13.2. The first-order chi connectivity index (χ1) is 14.5. The van der Waals surface area contributed by atoms with Crippen molar-refractivity contribution in [2.75, 3.05) is 6.54 Å². The molecule has 1 aromatic heterocycles. The second-order valence-electron chi connectivity index (χ2n) is 6.84. The third kappa shape index (κ3) is 5.90. The lowest BCUT2D eigenvalue weighted by Gasteiger charge is -2.23. The smallest absolute Gasteiger partial charge is 0.416 e. The highest BCUT2D eigenvalue weighted by Gasteiger charge is 2.38. The number of carbonyl (C=O) groups excluding carboxylic acids is 1. The van der Waals surface area contributed by atoms with Crippen molar-refractivity contribution in [2.24, 2.45) is 0 Å². The molecule has 0 aliphatic rings. The molecule has 0 unspecified atom stereocenters. The average molecular weight is 441 g/mol. The Balaban J connectivity index is 1.95. The molecule has 0 saturated carbocycles. The molecule has 9 heteroatoms. The summed E-state index contributed by atoms with van der Waals surface area (Å²) in [6, 6.07) is 13.0. The molecule has 0 aliphatic heterocycles. The van der Waals surface area contributed by atoms with E-state index in [1.807, 2.05) is 12.1 Å². The Bertz CT molecular complexity index is 978. The van der Waals surface area contributed by atoms with E-state index in [1.165, 1.54) is 11.2 Å².